The number of ether oxygens (including phenoxy) is 3. The topological polar surface area (TPSA) is 123 Å². The fourth-order valence-corrected chi connectivity index (χ4v) is 2.99. The Hall–Kier alpha value is -3.38. The van der Waals surface area contributed by atoms with E-state index in [4.69, 9.17) is 14.2 Å². The second-order valence-corrected chi connectivity index (χ2v) is 6.87. The van der Waals surface area contributed by atoms with Crippen molar-refractivity contribution in [2.75, 3.05) is 50.2 Å². The van der Waals surface area contributed by atoms with Gasteiger partial charge in [-0.15, -0.1) is 0 Å². The molecule has 1 aliphatic rings. The van der Waals surface area contributed by atoms with E-state index >= 15 is 0 Å². The molecular weight excluding hydrogens is 407 g/mol. The molecule has 4 heterocycles. The van der Waals surface area contributed by atoms with E-state index < -0.39 is 11.9 Å². The van der Waals surface area contributed by atoms with Crippen LogP contribution in [0.5, 0.6) is 6.01 Å². The molecule has 1 atom stereocenters. The number of anilines is 3. The van der Waals surface area contributed by atoms with Crippen LogP contribution in [0.15, 0.2) is 24.4 Å². The maximum Gasteiger partial charge on any atom is 0.323 e. The van der Waals surface area contributed by atoms with Crippen molar-refractivity contribution in [3.05, 3.63) is 41.6 Å². The van der Waals surface area contributed by atoms with Crippen molar-refractivity contribution >= 4 is 17.7 Å². The van der Waals surface area contributed by atoms with Crippen molar-refractivity contribution < 1.29 is 18.6 Å². The molecule has 0 bridgehead atoms. The molecular formula is C19H23FN8O3. The average molecular weight is 430 g/mol. The molecule has 0 radical (unpaired) electrons. The van der Waals surface area contributed by atoms with Crippen molar-refractivity contribution in [3.63, 3.8) is 0 Å². The molecule has 0 aliphatic carbocycles. The van der Waals surface area contributed by atoms with Crippen molar-refractivity contribution in [1.29, 1.82) is 0 Å². The Balaban J connectivity index is 1.63. The molecule has 3 aromatic heterocycles. The highest BCUT2D eigenvalue weighted by atomic mass is 19.1. The van der Waals surface area contributed by atoms with Gasteiger partial charge >= 0.3 is 6.01 Å². The van der Waals surface area contributed by atoms with Crippen LogP contribution in [0.2, 0.25) is 0 Å². The maximum atomic E-state index is 13.3. The molecule has 11 nitrogen and oxygen atoms in total. The zero-order valence-electron chi connectivity index (χ0n) is 17.2. The van der Waals surface area contributed by atoms with Crippen LogP contribution in [0.4, 0.5) is 22.1 Å². The summed E-state index contributed by atoms with van der Waals surface area (Å²) in [4.78, 5) is 19.4. The number of nitrogens with zero attached hydrogens (tertiary/aromatic N) is 6. The molecule has 0 spiro atoms. The minimum Gasteiger partial charge on any atom is -0.451 e. The van der Waals surface area contributed by atoms with E-state index in [1.54, 1.807) is 7.11 Å². The number of hydrogen-bond acceptors (Lipinski definition) is 10. The molecule has 12 heteroatoms. The first-order valence-corrected chi connectivity index (χ1v) is 9.75. The first-order valence-electron chi connectivity index (χ1n) is 9.75. The smallest absolute Gasteiger partial charge is 0.323 e. The largest absolute Gasteiger partial charge is 0.451 e. The van der Waals surface area contributed by atoms with Gasteiger partial charge in [-0.05, 0) is 19.1 Å². The van der Waals surface area contributed by atoms with E-state index in [1.807, 2.05) is 17.9 Å². The van der Waals surface area contributed by atoms with Gasteiger partial charge in [0.1, 0.15) is 5.82 Å². The maximum absolute atomic E-state index is 13.3. The van der Waals surface area contributed by atoms with Gasteiger partial charge in [0, 0.05) is 32.0 Å². The SMILES string of the molecule is COCC(Oc1nc(Nc2cc(C)[nH]n2)nc(N2CCOCC2)n1)c1ccc(F)cn1. The number of aryl methyl sites for hydroxylation is 1. The molecule has 2 N–H and O–H groups in total. The Labute approximate surface area is 178 Å². The Morgan fingerprint density at radius 3 is 2.77 bits per heavy atom. The predicted molar refractivity (Wildman–Crippen MR) is 109 cm³/mol. The Bertz CT molecular complexity index is 994. The summed E-state index contributed by atoms with van der Waals surface area (Å²) in [5, 5.41) is 10.1. The van der Waals surface area contributed by atoms with E-state index in [0.717, 1.165) is 11.9 Å². The normalized spacial score (nSPS) is 15.0. The molecule has 1 fully saturated rings. The molecule has 164 valence electrons. The number of pyridine rings is 1. The van der Waals surface area contributed by atoms with Crippen LogP contribution < -0.4 is 15.0 Å². The summed E-state index contributed by atoms with van der Waals surface area (Å²) in [6.07, 6.45) is 0.492. The quantitative estimate of drug-likeness (QED) is 0.547. The number of aromatic amines is 1. The highest BCUT2D eigenvalue weighted by molar-refractivity contribution is 5.50. The summed E-state index contributed by atoms with van der Waals surface area (Å²) in [6, 6.07) is 4.76. The second kappa shape index (κ2) is 9.62. The van der Waals surface area contributed by atoms with Gasteiger partial charge in [0.05, 0.1) is 31.7 Å². The van der Waals surface area contributed by atoms with Crippen LogP contribution >= 0.6 is 0 Å². The summed E-state index contributed by atoms with van der Waals surface area (Å²) >= 11 is 0. The third-order valence-electron chi connectivity index (χ3n) is 4.49. The molecule has 31 heavy (non-hydrogen) atoms. The van der Waals surface area contributed by atoms with E-state index in [-0.39, 0.29) is 18.6 Å². The van der Waals surface area contributed by atoms with Gasteiger partial charge < -0.3 is 24.4 Å². The summed E-state index contributed by atoms with van der Waals surface area (Å²) < 4.78 is 29.9. The molecule has 4 rings (SSSR count). The lowest BCUT2D eigenvalue weighted by Gasteiger charge is -2.27. The van der Waals surface area contributed by atoms with E-state index in [9.17, 15) is 4.39 Å². The van der Waals surface area contributed by atoms with Crippen LogP contribution in [0.1, 0.15) is 17.5 Å². The standard InChI is InChI=1S/C19H23FN8O3/c1-12-9-16(27-26-12)22-17-23-18(28-5-7-30-8-6-28)25-19(24-17)31-15(11-29-2)14-4-3-13(20)10-21-14/h3-4,9-10,15H,5-8,11H2,1-2H3,(H2,22,23,24,25,26,27). The first kappa shape index (κ1) is 20.9. The molecule has 0 aromatic carbocycles. The van der Waals surface area contributed by atoms with E-state index in [0.29, 0.717) is 43.8 Å². The van der Waals surface area contributed by atoms with Crippen LogP contribution in [0.3, 0.4) is 0 Å². The summed E-state index contributed by atoms with van der Waals surface area (Å²) in [7, 11) is 1.54. The second-order valence-electron chi connectivity index (χ2n) is 6.87. The lowest BCUT2D eigenvalue weighted by molar-refractivity contribution is 0.0715. The van der Waals surface area contributed by atoms with Crippen molar-refractivity contribution in [1.82, 2.24) is 30.1 Å². The molecule has 1 saturated heterocycles. The van der Waals surface area contributed by atoms with Gasteiger partial charge in [-0.3, -0.25) is 10.1 Å². The van der Waals surface area contributed by atoms with Gasteiger partial charge in [0.2, 0.25) is 11.9 Å². The first-order chi connectivity index (χ1) is 15.1. The van der Waals surface area contributed by atoms with Gasteiger partial charge in [0.25, 0.3) is 0 Å². The van der Waals surface area contributed by atoms with Crippen molar-refractivity contribution in [3.8, 4) is 6.01 Å². The van der Waals surface area contributed by atoms with Gasteiger partial charge in [-0.2, -0.15) is 20.1 Å². The number of methoxy groups -OCH3 is 1. The number of H-pyrrole nitrogens is 1. The minimum absolute atomic E-state index is 0.0828. The van der Waals surface area contributed by atoms with Crippen molar-refractivity contribution in [2.24, 2.45) is 0 Å². The van der Waals surface area contributed by atoms with Crippen LogP contribution in [-0.4, -0.2) is 70.2 Å². The molecule has 3 aromatic rings. The van der Waals surface area contributed by atoms with Gasteiger partial charge in [0.15, 0.2) is 11.9 Å². The highest BCUT2D eigenvalue weighted by Crippen LogP contribution is 2.23. The van der Waals surface area contributed by atoms with Crippen molar-refractivity contribution in [2.45, 2.75) is 13.0 Å². The van der Waals surface area contributed by atoms with Crippen LogP contribution in [0, 0.1) is 12.7 Å². The number of halogens is 1. The zero-order chi connectivity index (χ0) is 21.6. The number of nitrogens with one attached hydrogen (secondary N) is 2. The minimum atomic E-state index is -0.633. The molecule has 0 amide bonds. The van der Waals surface area contributed by atoms with E-state index in [2.05, 4.69) is 35.5 Å². The third kappa shape index (κ3) is 5.41. The summed E-state index contributed by atoms with van der Waals surface area (Å²) in [6.45, 7) is 4.52. The van der Waals surface area contributed by atoms with Crippen LogP contribution in [-0.2, 0) is 9.47 Å². The van der Waals surface area contributed by atoms with Gasteiger partial charge in [-0.1, -0.05) is 0 Å². The van der Waals surface area contributed by atoms with Gasteiger partial charge in [-0.25, -0.2) is 4.39 Å². The number of hydrogen-bond donors (Lipinski definition) is 2. The van der Waals surface area contributed by atoms with E-state index in [1.165, 1.54) is 12.1 Å². The Morgan fingerprint density at radius 1 is 1.26 bits per heavy atom. The number of morpholine rings is 1. The fraction of sp³-hybridized carbons (Fsp3) is 0.421. The monoisotopic (exact) mass is 430 g/mol. The Kier molecular flexibility index (Phi) is 6.48. The summed E-state index contributed by atoms with van der Waals surface area (Å²) in [5.74, 6) is 0.860. The molecule has 1 aliphatic heterocycles. The zero-order valence-corrected chi connectivity index (χ0v) is 17.2. The fourth-order valence-electron chi connectivity index (χ4n) is 2.99. The highest BCUT2D eigenvalue weighted by Gasteiger charge is 2.21. The summed E-state index contributed by atoms with van der Waals surface area (Å²) in [5.41, 5.74) is 1.39. The Morgan fingerprint density at radius 2 is 2.10 bits per heavy atom. The number of rotatable bonds is 8. The lowest BCUT2D eigenvalue weighted by atomic mass is 10.2. The predicted octanol–water partition coefficient (Wildman–Crippen LogP) is 1.78. The lowest BCUT2D eigenvalue weighted by Crippen LogP contribution is -2.37. The number of aromatic nitrogens is 6. The third-order valence-corrected chi connectivity index (χ3v) is 4.49. The molecule has 0 saturated carbocycles. The van der Waals surface area contributed by atoms with Crippen LogP contribution in [0.25, 0.3) is 0 Å². The average Bonchev–Trinajstić information content (AvgIpc) is 3.19. The molecule has 1 unspecified atom stereocenters.